The van der Waals surface area contributed by atoms with Crippen LogP contribution < -0.4 is 0 Å². The zero-order valence-corrected chi connectivity index (χ0v) is 11.4. The van der Waals surface area contributed by atoms with E-state index in [-0.39, 0.29) is 17.8 Å². The van der Waals surface area contributed by atoms with Gasteiger partial charge in [0.05, 0.1) is 12.7 Å². The molecule has 3 heteroatoms. The molecule has 0 fully saturated rings. The van der Waals surface area contributed by atoms with Gasteiger partial charge < -0.3 is 10.2 Å². The van der Waals surface area contributed by atoms with E-state index in [2.05, 4.69) is 0 Å². The van der Waals surface area contributed by atoms with Gasteiger partial charge in [0.1, 0.15) is 0 Å². The van der Waals surface area contributed by atoms with Crippen molar-refractivity contribution >= 4 is 5.78 Å². The average molecular weight is 250 g/mol. The van der Waals surface area contributed by atoms with Crippen LogP contribution in [-0.4, -0.2) is 28.7 Å². The molecule has 0 amide bonds. The molecule has 2 N–H and O–H groups in total. The highest BCUT2D eigenvalue weighted by Crippen LogP contribution is 2.56. The monoisotopic (exact) mass is 250 g/mol. The minimum atomic E-state index is -0.558. The van der Waals surface area contributed by atoms with Gasteiger partial charge in [-0.3, -0.25) is 4.79 Å². The minimum Gasteiger partial charge on any atom is -0.392 e. The SMILES string of the molecule is CC1=CC(O)C(C)(C2(C)CC(=O)C=C2CO)CC1. The maximum absolute atomic E-state index is 11.7. The molecule has 0 aromatic heterocycles. The van der Waals surface area contributed by atoms with Gasteiger partial charge >= 0.3 is 0 Å². The van der Waals surface area contributed by atoms with Crippen molar-refractivity contribution in [2.75, 3.05) is 6.61 Å². The summed E-state index contributed by atoms with van der Waals surface area (Å²) in [5.74, 6) is 0.0567. The van der Waals surface area contributed by atoms with Crippen LogP contribution in [0.1, 0.15) is 40.0 Å². The van der Waals surface area contributed by atoms with E-state index >= 15 is 0 Å². The number of carbonyl (C=O) groups is 1. The second-order valence-electron chi connectivity index (χ2n) is 6.18. The van der Waals surface area contributed by atoms with E-state index in [1.54, 1.807) is 6.08 Å². The fourth-order valence-electron chi connectivity index (χ4n) is 3.40. The van der Waals surface area contributed by atoms with Gasteiger partial charge in [0.15, 0.2) is 5.78 Å². The van der Waals surface area contributed by atoms with Gasteiger partial charge in [0, 0.05) is 17.3 Å². The number of allylic oxidation sites excluding steroid dienone is 2. The Balaban J connectivity index is 2.42. The third-order valence-corrected chi connectivity index (χ3v) is 5.14. The first kappa shape index (κ1) is 13.5. The third kappa shape index (κ3) is 1.77. The topological polar surface area (TPSA) is 57.5 Å². The van der Waals surface area contributed by atoms with E-state index in [4.69, 9.17) is 0 Å². The van der Waals surface area contributed by atoms with Crippen molar-refractivity contribution in [2.24, 2.45) is 10.8 Å². The van der Waals surface area contributed by atoms with E-state index in [9.17, 15) is 15.0 Å². The number of aliphatic hydroxyl groups is 2. The molecule has 0 aromatic rings. The zero-order valence-electron chi connectivity index (χ0n) is 11.4. The summed E-state index contributed by atoms with van der Waals surface area (Å²) in [7, 11) is 0. The Morgan fingerprint density at radius 1 is 1.44 bits per heavy atom. The van der Waals surface area contributed by atoms with Gasteiger partial charge in [-0.05, 0) is 31.4 Å². The Morgan fingerprint density at radius 2 is 2.11 bits per heavy atom. The fraction of sp³-hybridized carbons (Fsp3) is 0.667. The van der Waals surface area contributed by atoms with Crippen molar-refractivity contribution in [3.05, 3.63) is 23.3 Å². The lowest BCUT2D eigenvalue weighted by Gasteiger charge is -2.50. The van der Waals surface area contributed by atoms with E-state index in [1.165, 1.54) is 5.57 Å². The van der Waals surface area contributed by atoms with Crippen LogP contribution in [-0.2, 0) is 4.79 Å². The lowest BCUT2D eigenvalue weighted by molar-refractivity contribution is -0.117. The molecular weight excluding hydrogens is 228 g/mol. The number of hydrogen-bond acceptors (Lipinski definition) is 3. The molecule has 3 nitrogen and oxygen atoms in total. The third-order valence-electron chi connectivity index (χ3n) is 5.14. The first-order valence-electron chi connectivity index (χ1n) is 6.53. The first-order chi connectivity index (χ1) is 8.33. The van der Waals surface area contributed by atoms with Crippen LogP contribution in [0.4, 0.5) is 0 Å². The number of rotatable bonds is 2. The molecule has 0 heterocycles. The van der Waals surface area contributed by atoms with Crippen molar-refractivity contribution in [1.82, 2.24) is 0 Å². The van der Waals surface area contributed by atoms with Crippen LogP contribution in [0.15, 0.2) is 23.3 Å². The Bertz CT molecular complexity index is 435. The van der Waals surface area contributed by atoms with Crippen LogP contribution in [0.25, 0.3) is 0 Å². The van der Waals surface area contributed by atoms with E-state index in [0.29, 0.717) is 6.42 Å². The molecule has 2 aliphatic rings. The Morgan fingerprint density at radius 3 is 2.67 bits per heavy atom. The van der Waals surface area contributed by atoms with Crippen LogP contribution in [0, 0.1) is 10.8 Å². The van der Waals surface area contributed by atoms with Crippen molar-refractivity contribution in [3.63, 3.8) is 0 Å². The maximum Gasteiger partial charge on any atom is 0.156 e. The summed E-state index contributed by atoms with van der Waals surface area (Å²) < 4.78 is 0. The van der Waals surface area contributed by atoms with E-state index < -0.39 is 11.5 Å². The highest BCUT2D eigenvalue weighted by Gasteiger charge is 2.54. The highest BCUT2D eigenvalue weighted by atomic mass is 16.3. The fourth-order valence-corrected chi connectivity index (χ4v) is 3.40. The smallest absolute Gasteiger partial charge is 0.156 e. The van der Waals surface area contributed by atoms with Crippen LogP contribution in [0.3, 0.4) is 0 Å². The van der Waals surface area contributed by atoms with Crippen molar-refractivity contribution in [1.29, 1.82) is 0 Å². The summed E-state index contributed by atoms with van der Waals surface area (Å²) in [4.78, 5) is 11.7. The molecule has 0 radical (unpaired) electrons. The molecule has 3 atom stereocenters. The summed E-state index contributed by atoms with van der Waals surface area (Å²) >= 11 is 0. The van der Waals surface area contributed by atoms with E-state index in [1.807, 2.05) is 26.8 Å². The number of carbonyl (C=O) groups excluding carboxylic acids is 1. The lowest BCUT2D eigenvalue weighted by Crippen LogP contribution is -2.48. The normalized spacial score (nSPS) is 40.7. The van der Waals surface area contributed by atoms with Crippen molar-refractivity contribution in [3.8, 4) is 0 Å². The quantitative estimate of drug-likeness (QED) is 0.737. The van der Waals surface area contributed by atoms with Gasteiger partial charge in [-0.2, -0.15) is 0 Å². The molecule has 0 saturated heterocycles. The summed E-state index contributed by atoms with van der Waals surface area (Å²) in [6.45, 7) is 5.95. The lowest BCUT2D eigenvalue weighted by atomic mass is 9.55. The molecule has 3 unspecified atom stereocenters. The predicted molar refractivity (Wildman–Crippen MR) is 70.0 cm³/mol. The summed E-state index contributed by atoms with van der Waals surface area (Å²) in [5.41, 5.74) is 1.15. The maximum atomic E-state index is 11.7. The standard InChI is InChI=1S/C15H22O3/c1-10-4-5-14(2,13(18)6-10)15(3)8-12(17)7-11(15)9-16/h6-7,13,16,18H,4-5,8-9H2,1-3H3. The Kier molecular flexibility index (Phi) is 3.24. The molecule has 2 rings (SSSR count). The van der Waals surface area contributed by atoms with Crippen molar-refractivity contribution in [2.45, 2.75) is 46.1 Å². The van der Waals surface area contributed by atoms with E-state index in [0.717, 1.165) is 18.4 Å². The van der Waals surface area contributed by atoms with Crippen LogP contribution in [0.5, 0.6) is 0 Å². The number of ketones is 1. The Labute approximate surface area is 108 Å². The highest BCUT2D eigenvalue weighted by molar-refractivity contribution is 5.94. The van der Waals surface area contributed by atoms with Gasteiger partial charge in [0.2, 0.25) is 0 Å². The van der Waals surface area contributed by atoms with Gasteiger partial charge in [-0.1, -0.05) is 25.5 Å². The minimum absolute atomic E-state index is 0.0567. The van der Waals surface area contributed by atoms with Crippen LogP contribution >= 0.6 is 0 Å². The summed E-state index contributed by atoms with van der Waals surface area (Å²) in [5, 5.41) is 19.9. The predicted octanol–water partition coefficient (Wildman–Crippen LogP) is 1.99. The molecule has 2 aliphatic carbocycles. The molecule has 0 bridgehead atoms. The molecular formula is C15H22O3. The Hall–Kier alpha value is -0.930. The molecule has 0 aliphatic heterocycles. The summed E-state index contributed by atoms with van der Waals surface area (Å²) in [6, 6.07) is 0. The average Bonchev–Trinajstić information content (AvgIpc) is 2.60. The zero-order chi connectivity index (χ0) is 13.6. The second kappa shape index (κ2) is 4.32. The number of hydrogen-bond donors (Lipinski definition) is 2. The number of aliphatic hydroxyl groups excluding tert-OH is 2. The molecule has 0 aromatic carbocycles. The first-order valence-corrected chi connectivity index (χ1v) is 6.53. The molecule has 0 spiro atoms. The van der Waals surface area contributed by atoms with Crippen LogP contribution in [0.2, 0.25) is 0 Å². The van der Waals surface area contributed by atoms with Gasteiger partial charge in [0.25, 0.3) is 0 Å². The molecule has 0 saturated carbocycles. The van der Waals surface area contributed by atoms with Gasteiger partial charge in [-0.25, -0.2) is 0 Å². The van der Waals surface area contributed by atoms with Crippen molar-refractivity contribution < 1.29 is 15.0 Å². The van der Waals surface area contributed by atoms with Gasteiger partial charge in [-0.15, -0.1) is 0 Å². The summed E-state index contributed by atoms with van der Waals surface area (Å²) in [6.07, 6.45) is 5.07. The second-order valence-corrected chi connectivity index (χ2v) is 6.18. The molecule has 18 heavy (non-hydrogen) atoms. The molecule has 100 valence electrons. The largest absolute Gasteiger partial charge is 0.392 e.